The first kappa shape index (κ1) is 38.7. The first-order valence-electron chi connectivity index (χ1n) is 23.1. The van der Waals surface area contributed by atoms with Gasteiger partial charge in [0.15, 0.2) is 5.82 Å². The predicted octanol–water partition coefficient (Wildman–Crippen LogP) is 16.6. The summed E-state index contributed by atoms with van der Waals surface area (Å²) in [7, 11) is 0. The lowest BCUT2D eigenvalue weighted by Crippen LogP contribution is -2.28. The van der Waals surface area contributed by atoms with Crippen LogP contribution in [0.1, 0.15) is 22.3 Å². The Hall–Kier alpha value is -8.72. The number of aromatic nitrogens is 2. The van der Waals surface area contributed by atoms with Gasteiger partial charge < -0.3 is 0 Å². The topological polar surface area (TPSA) is 25.8 Å². The van der Waals surface area contributed by atoms with Crippen LogP contribution in [0.4, 0.5) is 0 Å². The molecule has 11 aromatic carbocycles. The summed E-state index contributed by atoms with van der Waals surface area (Å²) in [4.78, 5) is 11.0. The molecule has 1 aliphatic carbocycles. The quantitative estimate of drug-likeness (QED) is 0.118. The van der Waals surface area contributed by atoms with Crippen molar-refractivity contribution in [3.05, 3.63) is 277 Å². The maximum absolute atomic E-state index is 5.55. The third kappa shape index (κ3) is 6.26. The van der Waals surface area contributed by atoms with Gasteiger partial charge in [-0.25, -0.2) is 9.97 Å². The molecule has 312 valence electrons. The Labute approximate surface area is 390 Å². The molecule has 0 N–H and O–H groups in total. The van der Waals surface area contributed by atoms with Gasteiger partial charge in [0.1, 0.15) is 0 Å². The van der Waals surface area contributed by atoms with Crippen molar-refractivity contribution in [2.45, 2.75) is 5.41 Å². The summed E-state index contributed by atoms with van der Waals surface area (Å²) in [6.07, 6.45) is 0. The van der Waals surface area contributed by atoms with Crippen molar-refractivity contribution in [1.82, 2.24) is 9.97 Å². The molecule has 0 saturated heterocycles. The van der Waals surface area contributed by atoms with Gasteiger partial charge in [0.05, 0.1) is 16.8 Å². The van der Waals surface area contributed by atoms with E-state index in [4.69, 9.17) is 9.97 Å². The Bertz CT molecular complexity index is 3800. The van der Waals surface area contributed by atoms with Crippen molar-refractivity contribution in [2.75, 3.05) is 0 Å². The Morgan fingerprint density at radius 3 is 1.61 bits per heavy atom. The minimum absolute atomic E-state index is 0.527. The molecule has 0 atom stereocenters. The van der Waals surface area contributed by atoms with Crippen LogP contribution < -0.4 is 0 Å². The third-order valence-electron chi connectivity index (χ3n) is 14.0. The Balaban J connectivity index is 1.02. The van der Waals surface area contributed by atoms with Crippen LogP contribution in [0.2, 0.25) is 0 Å². The summed E-state index contributed by atoms with van der Waals surface area (Å²) in [6.45, 7) is 0. The standard InChI is InChI=1S/C65H42N2/c1-4-18-43(19-5-1)47-22-16-23-49(40-47)60-42-61(56-31-17-33-59-63(56)55-30-14-15-32-58(55)65(59,50-24-6-2-7-25-50)51-26-8-3-9-27-51)67-64(66-60)46-36-34-45(35-37-46)62-53-29-13-11-21-48(53)41-57-52-28-12-10-20-44(52)38-39-54(57)62/h1-42H. The van der Waals surface area contributed by atoms with Gasteiger partial charge in [0.25, 0.3) is 0 Å². The molecule has 1 heterocycles. The fourth-order valence-corrected chi connectivity index (χ4v) is 11.0. The van der Waals surface area contributed by atoms with Crippen LogP contribution in [-0.2, 0) is 5.41 Å². The fourth-order valence-electron chi connectivity index (χ4n) is 11.0. The van der Waals surface area contributed by atoms with Crippen LogP contribution in [0.5, 0.6) is 0 Å². The molecule has 0 amide bonds. The van der Waals surface area contributed by atoms with Gasteiger partial charge in [-0.1, -0.05) is 237 Å². The van der Waals surface area contributed by atoms with E-state index in [1.165, 1.54) is 76.8 Å². The highest BCUT2D eigenvalue weighted by Crippen LogP contribution is 2.58. The van der Waals surface area contributed by atoms with Crippen molar-refractivity contribution in [3.63, 3.8) is 0 Å². The minimum Gasteiger partial charge on any atom is -0.228 e. The molecular formula is C65H42N2. The zero-order valence-corrected chi connectivity index (χ0v) is 36.6. The highest BCUT2D eigenvalue weighted by molar-refractivity contribution is 6.20. The molecule has 12 aromatic rings. The number of benzene rings is 11. The van der Waals surface area contributed by atoms with Gasteiger partial charge in [0, 0.05) is 16.7 Å². The summed E-state index contributed by atoms with van der Waals surface area (Å²) in [5.74, 6) is 0.680. The van der Waals surface area contributed by atoms with Crippen LogP contribution in [0.3, 0.4) is 0 Å². The Morgan fingerprint density at radius 1 is 0.269 bits per heavy atom. The van der Waals surface area contributed by atoms with Gasteiger partial charge in [-0.3, -0.25) is 0 Å². The van der Waals surface area contributed by atoms with Gasteiger partial charge in [-0.15, -0.1) is 0 Å². The highest BCUT2D eigenvalue weighted by Gasteiger charge is 2.46. The maximum Gasteiger partial charge on any atom is 0.160 e. The van der Waals surface area contributed by atoms with Crippen LogP contribution in [0, 0.1) is 0 Å². The zero-order chi connectivity index (χ0) is 44.3. The summed E-state index contributed by atoms with van der Waals surface area (Å²) in [5.41, 5.74) is 16.4. The molecule has 1 aliphatic rings. The van der Waals surface area contributed by atoms with E-state index >= 15 is 0 Å². The summed E-state index contributed by atoms with van der Waals surface area (Å²) in [5, 5.41) is 7.46. The largest absolute Gasteiger partial charge is 0.228 e. The average Bonchev–Trinajstić information content (AvgIpc) is 3.72. The van der Waals surface area contributed by atoms with Gasteiger partial charge >= 0.3 is 0 Å². The lowest BCUT2D eigenvalue weighted by molar-refractivity contribution is 0.768. The van der Waals surface area contributed by atoms with E-state index in [0.717, 1.165) is 39.2 Å². The first-order chi connectivity index (χ1) is 33.2. The predicted molar refractivity (Wildman–Crippen MR) is 279 cm³/mol. The molecule has 0 radical (unpaired) electrons. The van der Waals surface area contributed by atoms with Crippen molar-refractivity contribution >= 4 is 32.3 Å². The molecule has 2 heteroatoms. The lowest BCUT2D eigenvalue weighted by atomic mass is 9.67. The van der Waals surface area contributed by atoms with E-state index in [1.54, 1.807) is 0 Å². The number of fused-ring (bicyclic) bond motifs is 7. The molecule has 1 aromatic heterocycles. The molecule has 2 nitrogen and oxygen atoms in total. The molecular weight excluding hydrogens is 809 g/mol. The van der Waals surface area contributed by atoms with Crippen molar-refractivity contribution in [2.24, 2.45) is 0 Å². The van der Waals surface area contributed by atoms with E-state index < -0.39 is 5.41 Å². The molecule has 13 rings (SSSR count). The number of rotatable bonds is 7. The second-order valence-corrected chi connectivity index (χ2v) is 17.6. The van der Waals surface area contributed by atoms with Crippen LogP contribution >= 0.6 is 0 Å². The second-order valence-electron chi connectivity index (χ2n) is 17.6. The van der Waals surface area contributed by atoms with E-state index in [0.29, 0.717) is 5.82 Å². The van der Waals surface area contributed by atoms with E-state index in [1.807, 2.05) is 0 Å². The minimum atomic E-state index is -0.527. The van der Waals surface area contributed by atoms with Crippen LogP contribution in [0.15, 0.2) is 255 Å². The maximum atomic E-state index is 5.55. The molecule has 0 fully saturated rings. The van der Waals surface area contributed by atoms with Gasteiger partial charge in [-0.05, 0) is 106 Å². The number of hydrogen-bond acceptors (Lipinski definition) is 2. The molecule has 67 heavy (non-hydrogen) atoms. The monoisotopic (exact) mass is 850 g/mol. The van der Waals surface area contributed by atoms with Crippen molar-refractivity contribution < 1.29 is 0 Å². The van der Waals surface area contributed by atoms with Crippen LogP contribution in [0.25, 0.3) is 99.6 Å². The van der Waals surface area contributed by atoms with Gasteiger partial charge in [0.2, 0.25) is 0 Å². The molecule has 0 aliphatic heterocycles. The number of hydrogen-bond donors (Lipinski definition) is 0. The molecule has 0 saturated carbocycles. The van der Waals surface area contributed by atoms with Gasteiger partial charge in [-0.2, -0.15) is 0 Å². The molecule has 0 spiro atoms. The van der Waals surface area contributed by atoms with Crippen molar-refractivity contribution in [3.8, 4) is 67.3 Å². The SMILES string of the molecule is c1ccc(-c2cccc(-c3cc(-c4cccc5c4-c4ccccc4C5(c4ccccc4)c4ccccc4)nc(-c4ccc(-c5c6ccccc6cc6c5ccc5ccccc56)cc4)n3)c2)cc1. The summed E-state index contributed by atoms with van der Waals surface area (Å²) >= 11 is 0. The average molecular weight is 851 g/mol. The smallest absolute Gasteiger partial charge is 0.160 e. The van der Waals surface area contributed by atoms with E-state index in [-0.39, 0.29) is 0 Å². The molecule has 0 bridgehead atoms. The van der Waals surface area contributed by atoms with E-state index in [9.17, 15) is 0 Å². The summed E-state index contributed by atoms with van der Waals surface area (Å²) in [6, 6.07) is 92.4. The van der Waals surface area contributed by atoms with Crippen LogP contribution in [-0.4, -0.2) is 9.97 Å². The second kappa shape index (κ2) is 15.8. The lowest BCUT2D eigenvalue weighted by Gasteiger charge is -2.33. The molecule has 0 unspecified atom stereocenters. The van der Waals surface area contributed by atoms with Crippen molar-refractivity contribution in [1.29, 1.82) is 0 Å². The fraction of sp³-hybridized carbons (Fsp3) is 0.0154. The normalized spacial score (nSPS) is 12.6. The van der Waals surface area contributed by atoms with E-state index in [2.05, 4.69) is 255 Å². The Morgan fingerprint density at radius 2 is 0.836 bits per heavy atom. The Kier molecular flexibility index (Phi) is 9.11. The highest BCUT2D eigenvalue weighted by atomic mass is 14.9. The summed E-state index contributed by atoms with van der Waals surface area (Å²) < 4.78 is 0. The zero-order valence-electron chi connectivity index (χ0n) is 36.6. The third-order valence-corrected chi connectivity index (χ3v) is 14.0. The first-order valence-corrected chi connectivity index (χ1v) is 23.1. The number of nitrogens with zero attached hydrogens (tertiary/aromatic N) is 2.